The zero-order valence-electron chi connectivity index (χ0n) is 8.72. The van der Waals surface area contributed by atoms with Crippen molar-refractivity contribution in [2.75, 3.05) is 26.7 Å². The molecular weight excluding hydrogens is 167 g/mol. The van der Waals surface area contributed by atoms with E-state index >= 15 is 0 Å². The van der Waals surface area contributed by atoms with Gasteiger partial charge in [0, 0.05) is 12.5 Å². The number of alkyl halides is 1. The highest BCUT2D eigenvalue weighted by Gasteiger charge is 2.35. The molecule has 0 bridgehead atoms. The summed E-state index contributed by atoms with van der Waals surface area (Å²) in [5.41, 5.74) is 4.34. The summed E-state index contributed by atoms with van der Waals surface area (Å²) in [5, 5.41) is 0. The lowest BCUT2D eigenvalue weighted by atomic mass is 9.82. The third-order valence-electron chi connectivity index (χ3n) is 3.11. The van der Waals surface area contributed by atoms with Crippen LogP contribution in [-0.2, 0) is 0 Å². The number of likely N-dealkylation sites (tertiary alicyclic amines) is 1. The minimum atomic E-state index is -1.07. The molecule has 0 aromatic carbocycles. The van der Waals surface area contributed by atoms with E-state index in [2.05, 4.69) is 11.9 Å². The first-order chi connectivity index (χ1) is 6.06. The summed E-state index contributed by atoms with van der Waals surface area (Å²) in [6.07, 6.45) is 2.62. The molecule has 78 valence electrons. The van der Waals surface area contributed by atoms with Crippen LogP contribution in [0.15, 0.2) is 0 Å². The van der Waals surface area contributed by atoms with Crippen LogP contribution in [0.4, 0.5) is 4.39 Å². The number of piperidine rings is 1. The van der Waals surface area contributed by atoms with E-state index in [-0.39, 0.29) is 5.92 Å². The van der Waals surface area contributed by atoms with Crippen molar-refractivity contribution >= 4 is 0 Å². The van der Waals surface area contributed by atoms with Crippen molar-refractivity contribution < 1.29 is 4.39 Å². The van der Waals surface area contributed by atoms with Crippen LogP contribution in [0.5, 0.6) is 0 Å². The van der Waals surface area contributed by atoms with Crippen molar-refractivity contribution in [2.24, 2.45) is 11.7 Å². The SMILES string of the molecule is CN1CCCC(C(C)(F)CCN)C1. The Bertz CT molecular complexity index is 159. The van der Waals surface area contributed by atoms with E-state index < -0.39 is 5.67 Å². The predicted molar refractivity (Wildman–Crippen MR) is 53.4 cm³/mol. The van der Waals surface area contributed by atoms with Crippen molar-refractivity contribution in [1.29, 1.82) is 0 Å². The maximum Gasteiger partial charge on any atom is 0.113 e. The molecule has 2 unspecified atom stereocenters. The van der Waals surface area contributed by atoms with Gasteiger partial charge in [-0.1, -0.05) is 0 Å². The van der Waals surface area contributed by atoms with E-state index in [1.54, 1.807) is 6.92 Å². The molecule has 0 aromatic rings. The van der Waals surface area contributed by atoms with Gasteiger partial charge in [-0.05, 0) is 46.3 Å². The van der Waals surface area contributed by atoms with E-state index in [0.29, 0.717) is 13.0 Å². The fourth-order valence-electron chi connectivity index (χ4n) is 2.14. The van der Waals surface area contributed by atoms with Crippen LogP contribution < -0.4 is 5.73 Å². The monoisotopic (exact) mass is 188 g/mol. The normalized spacial score (nSPS) is 30.0. The Morgan fingerprint density at radius 3 is 2.85 bits per heavy atom. The lowest BCUT2D eigenvalue weighted by Gasteiger charge is -2.37. The van der Waals surface area contributed by atoms with Gasteiger partial charge >= 0.3 is 0 Å². The highest BCUT2D eigenvalue weighted by Crippen LogP contribution is 2.32. The number of hydrogen-bond acceptors (Lipinski definition) is 2. The van der Waals surface area contributed by atoms with Gasteiger partial charge in [0.2, 0.25) is 0 Å². The molecule has 13 heavy (non-hydrogen) atoms. The molecular formula is C10H21FN2. The molecule has 1 aliphatic rings. The van der Waals surface area contributed by atoms with Gasteiger partial charge in [0.25, 0.3) is 0 Å². The molecule has 1 saturated heterocycles. The smallest absolute Gasteiger partial charge is 0.113 e. The standard InChI is InChI=1S/C10H21FN2/c1-10(11,5-6-12)9-4-3-7-13(2)8-9/h9H,3-8,12H2,1-2H3. The molecule has 0 spiro atoms. The first-order valence-electron chi connectivity index (χ1n) is 5.14. The van der Waals surface area contributed by atoms with Crippen molar-refractivity contribution in [3.05, 3.63) is 0 Å². The van der Waals surface area contributed by atoms with Gasteiger partial charge < -0.3 is 10.6 Å². The second kappa shape index (κ2) is 4.38. The highest BCUT2D eigenvalue weighted by molar-refractivity contribution is 4.87. The van der Waals surface area contributed by atoms with Gasteiger partial charge in [-0.2, -0.15) is 0 Å². The predicted octanol–water partition coefficient (Wildman–Crippen LogP) is 1.41. The largest absolute Gasteiger partial charge is 0.330 e. The number of nitrogens with two attached hydrogens (primary N) is 1. The lowest BCUT2D eigenvalue weighted by Crippen LogP contribution is -2.43. The number of halogens is 1. The maximum atomic E-state index is 14.0. The molecule has 0 aromatic heterocycles. The van der Waals surface area contributed by atoms with Crippen LogP contribution >= 0.6 is 0 Å². The average molecular weight is 188 g/mol. The fraction of sp³-hybridized carbons (Fsp3) is 1.00. The van der Waals surface area contributed by atoms with Crippen LogP contribution in [0.3, 0.4) is 0 Å². The van der Waals surface area contributed by atoms with Gasteiger partial charge in [-0.15, -0.1) is 0 Å². The number of nitrogens with zero attached hydrogens (tertiary/aromatic N) is 1. The van der Waals surface area contributed by atoms with Gasteiger partial charge in [-0.25, -0.2) is 4.39 Å². The second-order valence-corrected chi connectivity index (χ2v) is 4.42. The maximum absolute atomic E-state index is 14.0. The Morgan fingerprint density at radius 1 is 1.62 bits per heavy atom. The Morgan fingerprint density at radius 2 is 2.31 bits per heavy atom. The first kappa shape index (κ1) is 10.9. The topological polar surface area (TPSA) is 29.3 Å². The highest BCUT2D eigenvalue weighted by atomic mass is 19.1. The quantitative estimate of drug-likeness (QED) is 0.725. The van der Waals surface area contributed by atoms with Crippen LogP contribution in [0.2, 0.25) is 0 Å². The molecule has 2 N–H and O–H groups in total. The molecule has 0 saturated carbocycles. The Hall–Kier alpha value is -0.150. The molecule has 1 heterocycles. The van der Waals surface area contributed by atoms with Crippen molar-refractivity contribution in [3.63, 3.8) is 0 Å². The number of rotatable bonds is 3. The molecule has 0 aliphatic carbocycles. The van der Waals surface area contributed by atoms with Crippen LogP contribution in [0, 0.1) is 5.92 Å². The van der Waals surface area contributed by atoms with E-state index in [4.69, 9.17) is 5.73 Å². The lowest BCUT2D eigenvalue weighted by molar-refractivity contribution is 0.0428. The molecule has 1 aliphatic heterocycles. The summed E-state index contributed by atoms with van der Waals surface area (Å²) in [6, 6.07) is 0. The third kappa shape index (κ3) is 2.92. The zero-order chi connectivity index (χ0) is 9.90. The van der Waals surface area contributed by atoms with Crippen molar-refractivity contribution in [3.8, 4) is 0 Å². The van der Waals surface area contributed by atoms with Crippen LogP contribution in [0.25, 0.3) is 0 Å². The van der Waals surface area contributed by atoms with E-state index in [1.165, 1.54) is 0 Å². The molecule has 2 nitrogen and oxygen atoms in total. The van der Waals surface area contributed by atoms with Crippen LogP contribution in [-0.4, -0.2) is 37.3 Å². The Balaban J connectivity index is 2.48. The van der Waals surface area contributed by atoms with Crippen molar-refractivity contribution in [1.82, 2.24) is 4.90 Å². The molecule has 3 heteroatoms. The molecule has 1 rings (SSSR count). The molecule has 1 fully saturated rings. The molecule has 0 radical (unpaired) electrons. The summed E-state index contributed by atoms with van der Waals surface area (Å²) in [6.45, 7) is 4.14. The van der Waals surface area contributed by atoms with E-state index in [9.17, 15) is 4.39 Å². The minimum absolute atomic E-state index is 0.176. The van der Waals surface area contributed by atoms with Gasteiger partial charge in [-0.3, -0.25) is 0 Å². The second-order valence-electron chi connectivity index (χ2n) is 4.42. The third-order valence-corrected chi connectivity index (χ3v) is 3.11. The average Bonchev–Trinajstić information content (AvgIpc) is 2.04. The number of hydrogen-bond donors (Lipinski definition) is 1. The van der Waals surface area contributed by atoms with E-state index in [1.807, 2.05) is 0 Å². The van der Waals surface area contributed by atoms with Gasteiger partial charge in [0.05, 0.1) is 0 Å². The fourth-order valence-corrected chi connectivity index (χ4v) is 2.14. The first-order valence-corrected chi connectivity index (χ1v) is 5.14. The molecule has 0 amide bonds. The van der Waals surface area contributed by atoms with E-state index in [0.717, 1.165) is 25.9 Å². The Kier molecular flexibility index (Phi) is 3.68. The summed E-state index contributed by atoms with van der Waals surface area (Å²) in [5.74, 6) is 0.176. The van der Waals surface area contributed by atoms with Gasteiger partial charge in [0.15, 0.2) is 0 Å². The molecule has 2 atom stereocenters. The minimum Gasteiger partial charge on any atom is -0.330 e. The zero-order valence-corrected chi connectivity index (χ0v) is 8.72. The van der Waals surface area contributed by atoms with Gasteiger partial charge in [0.1, 0.15) is 5.67 Å². The summed E-state index contributed by atoms with van der Waals surface area (Å²) < 4.78 is 14.0. The summed E-state index contributed by atoms with van der Waals surface area (Å²) in [7, 11) is 2.06. The van der Waals surface area contributed by atoms with Crippen molar-refractivity contribution in [2.45, 2.75) is 31.9 Å². The summed E-state index contributed by atoms with van der Waals surface area (Å²) in [4.78, 5) is 2.21. The summed E-state index contributed by atoms with van der Waals surface area (Å²) >= 11 is 0. The Labute approximate surface area is 80.3 Å². The van der Waals surface area contributed by atoms with Crippen LogP contribution in [0.1, 0.15) is 26.2 Å².